The Morgan fingerprint density at radius 1 is 1.08 bits per heavy atom. The SMILES string of the molecule is CCn1c(N2CCN(C(=O)CC3CCCCC3)CC2)nc2ccccc21. The van der Waals surface area contributed by atoms with Gasteiger partial charge >= 0.3 is 0 Å². The second-order valence-corrected chi connectivity index (χ2v) is 7.72. The van der Waals surface area contributed by atoms with Crippen LogP contribution in [0.4, 0.5) is 5.95 Å². The summed E-state index contributed by atoms with van der Waals surface area (Å²) in [5.74, 6) is 2.03. The number of benzene rings is 1. The van der Waals surface area contributed by atoms with E-state index in [4.69, 9.17) is 4.98 Å². The zero-order chi connectivity index (χ0) is 17.9. The van der Waals surface area contributed by atoms with Crippen LogP contribution in [0.25, 0.3) is 11.0 Å². The van der Waals surface area contributed by atoms with E-state index in [-0.39, 0.29) is 0 Å². The number of carbonyl (C=O) groups is 1. The second-order valence-electron chi connectivity index (χ2n) is 7.72. The van der Waals surface area contributed by atoms with Gasteiger partial charge in [-0.05, 0) is 37.8 Å². The maximum absolute atomic E-state index is 12.7. The standard InChI is InChI=1S/C21H30N4O/c1-2-25-19-11-7-6-10-18(19)22-21(25)24-14-12-23(13-15-24)20(26)16-17-8-4-3-5-9-17/h6-7,10-11,17H,2-5,8-9,12-16H2,1H3. The third kappa shape index (κ3) is 3.44. The lowest BCUT2D eigenvalue weighted by molar-refractivity contribution is -0.132. The minimum atomic E-state index is 0.362. The summed E-state index contributed by atoms with van der Waals surface area (Å²) in [5.41, 5.74) is 2.25. The summed E-state index contributed by atoms with van der Waals surface area (Å²) in [5, 5.41) is 0. The van der Waals surface area contributed by atoms with Crippen molar-refractivity contribution in [2.75, 3.05) is 31.1 Å². The number of hydrogen-bond acceptors (Lipinski definition) is 3. The van der Waals surface area contributed by atoms with E-state index >= 15 is 0 Å². The quantitative estimate of drug-likeness (QED) is 0.841. The summed E-state index contributed by atoms with van der Waals surface area (Å²) in [6, 6.07) is 8.33. The number of aromatic nitrogens is 2. The summed E-state index contributed by atoms with van der Waals surface area (Å²) < 4.78 is 2.29. The Morgan fingerprint density at radius 3 is 2.54 bits per heavy atom. The van der Waals surface area contributed by atoms with Crippen molar-refractivity contribution in [2.45, 2.75) is 52.0 Å². The van der Waals surface area contributed by atoms with Crippen LogP contribution in [0.1, 0.15) is 45.4 Å². The molecular weight excluding hydrogens is 324 g/mol. The van der Waals surface area contributed by atoms with Crippen molar-refractivity contribution in [3.05, 3.63) is 24.3 Å². The minimum Gasteiger partial charge on any atom is -0.339 e. The van der Waals surface area contributed by atoms with Crippen LogP contribution in [-0.4, -0.2) is 46.5 Å². The summed E-state index contributed by atoms with van der Waals surface area (Å²) in [4.78, 5) is 21.9. The smallest absolute Gasteiger partial charge is 0.222 e. The molecular formula is C21H30N4O. The van der Waals surface area contributed by atoms with Crippen LogP contribution in [-0.2, 0) is 11.3 Å². The zero-order valence-corrected chi connectivity index (χ0v) is 15.9. The predicted octanol–water partition coefficient (Wildman–Crippen LogP) is 3.68. The van der Waals surface area contributed by atoms with Gasteiger partial charge in [-0.15, -0.1) is 0 Å². The molecule has 1 aromatic heterocycles. The Balaban J connectivity index is 1.39. The average molecular weight is 354 g/mol. The number of hydrogen-bond donors (Lipinski definition) is 0. The van der Waals surface area contributed by atoms with Gasteiger partial charge in [0.1, 0.15) is 0 Å². The topological polar surface area (TPSA) is 41.4 Å². The molecule has 140 valence electrons. The molecule has 0 bridgehead atoms. The van der Waals surface area contributed by atoms with Crippen molar-refractivity contribution in [1.82, 2.24) is 14.5 Å². The molecule has 1 aromatic carbocycles. The zero-order valence-electron chi connectivity index (χ0n) is 15.9. The van der Waals surface area contributed by atoms with Gasteiger partial charge in [0.2, 0.25) is 11.9 Å². The first kappa shape index (κ1) is 17.4. The highest BCUT2D eigenvalue weighted by Crippen LogP contribution is 2.28. The van der Waals surface area contributed by atoms with Crippen LogP contribution in [0.2, 0.25) is 0 Å². The van der Waals surface area contributed by atoms with E-state index < -0.39 is 0 Å². The maximum atomic E-state index is 12.7. The van der Waals surface area contributed by atoms with Crippen molar-refractivity contribution < 1.29 is 4.79 Å². The maximum Gasteiger partial charge on any atom is 0.222 e. The fraction of sp³-hybridized carbons (Fsp3) is 0.619. The van der Waals surface area contributed by atoms with Gasteiger partial charge < -0.3 is 14.4 Å². The first-order valence-corrected chi connectivity index (χ1v) is 10.2. The Kier molecular flexibility index (Phi) is 5.14. The molecule has 1 saturated heterocycles. The Bertz CT molecular complexity index is 754. The molecule has 1 aliphatic carbocycles. The Labute approximate surface area is 156 Å². The third-order valence-electron chi connectivity index (χ3n) is 6.05. The lowest BCUT2D eigenvalue weighted by Gasteiger charge is -2.36. The normalized spacial score (nSPS) is 19.3. The lowest BCUT2D eigenvalue weighted by atomic mass is 9.86. The summed E-state index contributed by atoms with van der Waals surface area (Å²) in [7, 11) is 0. The van der Waals surface area contributed by atoms with E-state index in [1.54, 1.807) is 0 Å². The molecule has 2 aromatic rings. The number of fused-ring (bicyclic) bond motifs is 1. The van der Waals surface area contributed by atoms with E-state index in [1.807, 2.05) is 6.07 Å². The van der Waals surface area contributed by atoms with Crippen molar-refractivity contribution in [1.29, 1.82) is 0 Å². The third-order valence-corrected chi connectivity index (χ3v) is 6.05. The molecule has 0 unspecified atom stereocenters. The minimum absolute atomic E-state index is 0.362. The second kappa shape index (κ2) is 7.68. The summed E-state index contributed by atoms with van der Waals surface area (Å²) in [6.07, 6.45) is 7.20. The van der Waals surface area contributed by atoms with Gasteiger partial charge in [0.15, 0.2) is 0 Å². The number of rotatable bonds is 4. The molecule has 26 heavy (non-hydrogen) atoms. The number of piperazine rings is 1. The highest BCUT2D eigenvalue weighted by Gasteiger charge is 2.26. The monoisotopic (exact) mass is 354 g/mol. The van der Waals surface area contributed by atoms with E-state index in [1.165, 1.54) is 37.6 Å². The van der Waals surface area contributed by atoms with Gasteiger partial charge in [-0.2, -0.15) is 0 Å². The van der Waals surface area contributed by atoms with Crippen molar-refractivity contribution in [3.63, 3.8) is 0 Å². The fourth-order valence-electron chi connectivity index (χ4n) is 4.54. The number of imidazole rings is 1. The van der Waals surface area contributed by atoms with Gasteiger partial charge in [-0.3, -0.25) is 4.79 Å². The Hall–Kier alpha value is -2.04. The van der Waals surface area contributed by atoms with Crippen LogP contribution >= 0.6 is 0 Å². The molecule has 1 saturated carbocycles. The van der Waals surface area contributed by atoms with E-state index in [0.29, 0.717) is 11.8 Å². The largest absolute Gasteiger partial charge is 0.339 e. The summed E-state index contributed by atoms with van der Waals surface area (Å²) >= 11 is 0. The van der Waals surface area contributed by atoms with Crippen molar-refractivity contribution in [2.24, 2.45) is 5.92 Å². The number of anilines is 1. The molecule has 2 heterocycles. The first-order chi connectivity index (χ1) is 12.8. The average Bonchev–Trinajstić information content (AvgIpc) is 3.07. The highest BCUT2D eigenvalue weighted by molar-refractivity contribution is 5.79. The van der Waals surface area contributed by atoms with Gasteiger partial charge in [-0.1, -0.05) is 31.4 Å². The van der Waals surface area contributed by atoms with Crippen LogP contribution < -0.4 is 4.90 Å². The first-order valence-electron chi connectivity index (χ1n) is 10.2. The molecule has 0 atom stereocenters. The molecule has 0 spiro atoms. The molecule has 0 radical (unpaired) electrons. The van der Waals surface area contributed by atoms with Gasteiger partial charge in [-0.25, -0.2) is 4.98 Å². The fourth-order valence-corrected chi connectivity index (χ4v) is 4.54. The van der Waals surface area contributed by atoms with Crippen molar-refractivity contribution >= 4 is 22.9 Å². The van der Waals surface area contributed by atoms with Crippen molar-refractivity contribution in [3.8, 4) is 0 Å². The lowest BCUT2D eigenvalue weighted by Crippen LogP contribution is -2.49. The van der Waals surface area contributed by atoms with Crippen LogP contribution in [0.15, 0.2) is 24.3 Å². The number of carbonyl (C=O) groups excluding carboxylic acids is 1. The van der Waals surface area contributed by atoms with Gasteiger partial charge in [0.05, 0.1) is 11.0 Å². The molecule has 1 amide bonds. The highest BCUT2D eigenvalue weighted by atomic mass is 16.2. The molecule has 5 heteroatoms. The van der Waals surface area contributed by atoms with Crippen LogP contribution in [0.5, 0.6) is 0 Å². The molecule has 1 aliphatic heterocycles. The van der Waals surface area contributed by atoms with Gasteiger partial charge in [0, 0.05) is 39.1 Å². The molecule has 0 N–H and O–H groups in total. The number of nitrogens with zero attached hydrogens (tertiary/aromatic N) is 4. The molecule has 2 aliphatic rings. The van der Waals surface area contributed by atoms with Crippen LogP contribution in [0.3, 0.4) is 0 Å². The Morgan fingerprint density at radius 2 is 1.81 bits per heavy atom. The number of aryl methyl sites for hydroxylation is 1. The van der Waals surface area contributed by atoms with Gasteiger partial charge in [0.25, 0.3) is 0 Å². The van der Waals surface area contributed by atoms with E-state index in [9.17, 15) is 4.79 Å². The van der Waals surface area contributed by atoms with E-state index in [2.05, 4.69) is 39.5 Å². The predicted molar refractivity (Wildman–Crippen MR) is 105 cm³/mol. The molecule has 4 rings (SSSR count). The van der Waals surface area contributed by atoms with Crippen LogP contribution in [0, 0.1) is 5.92 Å². The molecule has 5 nitrogen and oxygen atoms in total. The summed E-state index contributed by atoms with van der Waals surface area (Å²) in [6.45, 7) is 6.47. The molecule has 2 fully saturated rings. The number of para-hydroxylation sites is 2. The van der Waals surface area contributed by atoms with E-state index in [0.717, 1.165) is 50.6 Å². The number of amides is 1.